The fourth-order valence-corrected chi connectivity index (χ4v) is 2.62. The third-order valence-corrected chi connectivity index (χ3v) is 3.68. The van der Waals surface area contributed by atoms with Gasteiger partial charge in [0.2, 0.25) is 5.91 Å². The van der Waals surface area contributed by atoms with E-state index in [1.165, 1.54) is 25.1 Å². The number of likely N-dealkylation sites (tertiary alicyclic amines) is 1. The molecule has 2 rings (SSSR count). The molecule has 2 amide bonds. The number of amides is 2. The van der Waals surface area contributed by atoms with Gasteiger partial charge in [0, 0.05) is 31.6 Å². The lowest BCUT2D eigenvalue weighted by Gasteiger charge is -2.35. The molecule has 1 atom stereocenters. The molecule has 0 aliphatic carbocycles. The van der Waals surface area contributed by atoms with Gasteiger partial charge < -0.3 is 16.0 Å². The minimum Gasteiger partial charge on any atom is -0.334 e. The molecule has 1 aromatic rings. The first-order valence-corrected chi connectivity index (χ1v) is 7.11. The van der Waals surface area contributed by atoms with Gasteiger partial charge in [-0.05, 0) is 37.5 Å². The Morgan fingerprint density at radius 3 is 2.77 bits per heavy atom. The van der Waals surface area contributed by atoms with Crippen molar-refractivity contribution in [3.05, 3.63) is 29.6 Å². The molecule has 22 heavy (non-hydrogen) atoms. The zero-order valence-electron chi connectivity index (χ0n) is 12.5. The Morgan fingerprint density at radius 1 is 1.41 bits per heavy atom. The molecule has 7 heteroatoms. The van der Waals surface area contributed by atoms with E-state index in [0.29, 0.717) is 18.7 Å². The van der Waals surface area contributed by atoms with Crippen molar-refractivity contribution in [2.24, 2.45) is 5.73 Å². The van der Waals surface area contributed by atoms with Crippen LogP contribution < -0.4 is 11.1 Å². The normalized spacial score (nSPS) is 17.6. The maximum atomic E-state index is 13.6. The average molecular weight is 330 g/mol. The summed E-state index contributed by atoms with van der Waals surface area (Å²) in [5.41, 5.74) is 6.10. The average Bonchev–Trinajstić information content (AvgIpc) is 2.48. The summed E-state index contributed by atoms with van der Waals surface area (Å²) in [4.78, 5) is 25.4. The highest BCUT2D eigenvalue weighted by Gasteiger charge is 2.26. The number of anilines is 1. The number of benzene rings is 1. The van der Waals surface area contributed by atoms with Crippen LogP contribution in [0, 0.1) is 5.82 Å². The van der Waals surface area contributed by atoms with Crippen LogP contribution in [0.4, 0.5) is 10.1 Å². The molecule has 0 saturated carbocycles. The lowest BCUT2D eigenvalue weighted by atomic mass is 10.0. The van der Waals surface area contributed by atoms with Crippen molar-refractivity contribution in [1.29, 1.82) is 0 Å². The summed E-state index contributed by atoms with van der Waals surface area (Å²) in [5.74, 6) is -1.11. The number of nitrogens with one attached hydrogen (secondary N) is 1. The van der Waals surface area contributed by atoms with Crippen molar-refractivity contribution >= 4 is 29.9 Å². The second-order valence-electron chi connectivity index (χ2n) is 5.26. The van der Waals surface area contributed by atoms with Crippen molar-refractivity contribution in [2.45, 2.75) is 32.2 Å². The van der Waals surface area contributed by atoms with Gasteiger partial charge in [0.1, 0.15) is 5.82 Å². The van der Waals surface area contributed by atoms with Gasteiger partial charge in [-0.3, -0.25) is 9.59 Å². The molecular weight excluding hydrogens is 309 g/mol. The summed E-state index contributed by atoms with van der Waals surface area (Å²) in [6.45, 7) is 2.38. The zero-order valence-corrected chi connectivity index (χ0v) is 13.3. The largest absolute Gasteiger partial charge is 0.334 e. The Bertz CT molecular complexity index is 554. The van der Waals surface area contributed by atoms with Gasteiger partial charge in [0.25, 0.3) is 5.91 Å². The maximum Gasteiger partial charge on any atom is 0.254 e. The number of nitrogens with two attached hydrogens (primary N) is 1. The van der Waals surface area contributed by atoms with Crippen molar-refractivity contribution in [2.75, 3.05) is 18.4 Å². The number of rotatable bonds is 3. The van der Waals surface area contributed by atoms with Gasteiger partial charge >= 0.3 is 0 Å². The second kappa shape index (κ2) is 8.10. The first-order valence-electron chi connectivity index (χ1n) is 7.11. The number of hydrogen-bond donors (Lipinski definition) is 2. The standard InChI is InChI=1S/C15H20FN3O2.ClH/c1-10(20)18-14-8-11(5-6-13(14)16)15(21)19-7-3-2-4-12(19)9-17;/h5-6,8,12H,2-4,7,9,17H2,1H3,(H,18,20);1H. The first kappa shape index (κ1) is 18.4. The summed E-state index contributed by atoms with van der Waals surface area (Å²) < 4.78 is 13.6. The third kappa shape index (κ3) is 4.18. The van der Waals surface area contributed by atoms with Crippen LogP contribution in [0.25, 0.3) is 0 Å². The molecule has 1 fully saturated rings. The molecule has 1 saturated heterocycles. The third-order valence-electron chi connectivity index (χ3n) is 3.68. The predicted octanol–water partition coefficient (Wildman–Crippen LogP) is 2.16. The highest BCUT2D eigenvalue weighted by Crippen LogP contribution is 2.22. The summed E-state index contributed by atoms with van der Waals surface area (Å²) in [7, 11) is 0. The van der Waals surface area contributed by atoms with E-state index in [1.54, 1.807) is 4.90 Å². The Balaban J connectivity index is 0.00000242. The highest BCUT2D eigenvalue weighted by atomic mass is 35.5. The van der Waals surface area contributed by atoms with E-state index in [0.717, 1.165) is 19.3 Å². The van der Waals surface area contributed by atoms with Crippen molar-refractivity contribution in [3.8, 4) is 0 Å². The Hall–Kier alpha value is -1.66. The van der Waals surface area contributed by atoms with Gasteiger partial charge in [0.15, 0.2) is 0 Å². The molecule has 0 aromatic heterocycles. The Morgan fingerprint density at radius 2 is 2.14 bits per heavy atom. The van der Waals surface area contributed by atoms with E-state index in [4.69, 9.17) is 5.73 Å². The Labute approximate surface area is 135 Å². The first-order chi connectivity index (χ1) is 10.0. The number of piperidine rings is 1. The quantitative estimate of drug-likeness (QED) is 0.892. The summed E-state index contributed by atoms with van der Waals surface area (Å²) in [6, 6.07) is 4.03. The van der Waals surface area contributed by atoms with E-state index in [1.807, 2.05) is 0 Å². The topological polar surface area (TPSA) is 75.4 Å². The second-order valence-corrected chi connectivity index (χ2v) is 5.26. The number of halogens is 2. The van der Waals surface area contributed by atoms with Gasteiger partial charge in [-0.1, -0.05) is 0 Å². The van der Waals surface area contributed by atoms with Crippen LogP contribution in [0.3, 0.4) is 0 Å². The lowest BCUT2D eigenvalue weighted by molar-refractivity contribution is -0.114. The van der Waals surface area contributed by atoms with Crippen LogP contribution >= 0.6 is 12.4 Å². The maximum absolute atomic E-state index is 13.6. The van der Waals surface area contributed by atoms with Crippen molar-refractivity contribution in [1.82, 2.24) is 4.90 Å². The molecule has 5 nitrogen and oxygen atoms in total. The summed E-state index contributed by atoms with van der Waals surface area (Å²) >= 11 is 0. The fraction of sp³-hybridized carbons (Fsp3) is 0.467. The SMILES string of the molecule is CC(=O)Nc1cc(C(=O)N2CCCCC2CN)ccc1F.Cl. The molecular formula is C15H21ClFN3O2. The van der Waals surface area contributed by atoms with Crippen LogP contribution in [0.1, 0.15) is 36.5 Å². The van der Waals surface area contributed by atoms with Crippen LogP contribution in [0.15, 0.2) is 18.2 Å². The zero-order chi connectivity index (χ0) is 15.4. The smallest absolute Gasteiger partial charge is 0.254 e. The molecule has 1 heterocycles. The monoisotopic (exact) mass is 329 g/mol. The van der Waals surface area contributed by atoms with Crippen LogP contribution in [0.2, 0.25) is 0 Å². The molecule has 3 N–H and O–H groups in total. The van der Waals surface area contributed by atoms with E-state index in [-0.39, 0.29) is 36.0 Å². The molecule has 1 unspecified atom stereocenters. The highest BCUT2D eigenvalue weighted by molar-refractivity contribution is 5.97. The Kier molecular flexibility index (Phi) is 6.77. The van der Waals surface area contributed by atoms with Crippen molar-refractivity contribution < 1.29 is 14.0 Å². The molecule has 1 aliphatic rings. The summed E-state index contributed by atoms with van der Waals surface area (Å²) in [6.07, 6.45) is 2.90. The minimum absolute atomic E-state index is 0. The van der Waals surface area contributed by atoms with Gasteiger partial charge in [-0.2, -0.15) is 0 Å². The molecule has 0 radical (unpaired) electrons. The molecule has 122 valence electrons. The van der Waals surface area contributed by atoms with Gasteiger partial charge in [-0.15, -0.1) is 12.4 Å². The van der Waals surface area contributed by atoms with E-state index in [9.17, 15) is 14.0 Å². The minimum atomic E-state index is -0.559. The number of nitrogens with zero attached hydrogens (tertiary/aromatic N) is 1. The lowest BCUT2D eigenvalue weighted by Crippen LogP contribution is -2.47. The molecule has 1 aromatic carbocycles. The molecule has 1 aliphatic heterocycles. The fourth-order valence-electron chi connectivity index (χ4n) is 2.62. The van der Waals surface area contributed by atoms with Crippen LogP contribution in [-0.2, 0) is 4.79 Å². The summed E-state index contributed by atoms with van der Waals surface area (Å²) in [5, 5.41) is 2.39. The van der Waals surface area contributed by atoms with Gasteiger partial charge in [0.05, 0.1) is 5.69 Å². The molecule has 0 spiro atoms. The van der Waals surface area contributed by atoms with E-state index >= 15 is 0 Å². The predicted molar refractivity (Wildman–Crippen MR) is 85.7 cm³/mol. The number of carbonyl (C=O) groups is 2. The number of carbonyl (C=O) groups excluding carboxylic acids is 2. The van der Waals surface area contributed by atoms with E-state index in [2.05, 4.69) is 5.32 Å². The van der Waals surface area contributed by atoms with Crippen LogP contribution in [-0.4, -0.2) is 35.8 Å². The van der Waals surface area contributed by atoms with Crippen LogP contribution in [0.5, 0.6) is 0 Å². The van der Waals surface area contributed by atoms with Crippen molar-refractivity contribution in [3.63, 3.8) is 0 Å². The van der Waals surface area contributed by atoms with Gasteiger partial charge in [-0.25, -0.2) is 4.39 Å². The molecule has 0 bridgehead atoms. The number of hydrogen-bond acceptors (Lipinski definition) is 3. The van der Waals surface area contributed by atoms with E-state index < -0.39 is 5.82 Å².